The highest BCUT2D eigenvalue weighted by Gasteiger charge is 2.17. The molecule has 6 heteroatoms. The predicted octanol–water partition coefficient (Wildman–Crippen LogP) is 2.64. The first-order valence-electron chi connectivity index (χ1n) is 8.31. The maximum atomic E-state index is 12.3. The van der Waals surface area contributed by atoms with Gasteiger partial charge in [0.25, 0.3) is 0 Å². The summed E-state index contributed by atoms with van der Waals surface area (Å²) in [4.78, 5) is 14.4. The van der Waals surface area contributed by atoms with Crippen LogP contribution in [-0.2, 0) is 17.8 Å². The number of benzene rings is 2. The zero-order valence-corrected chi connectivity index (χ0v) is 16.0. The number of methoxy groups -OCH3 is 3. The maximum absolute atomic E-state index is 12.3. The average Bonchev–Trinajstić information content (AvgIpc) is 2.66. The molecule has 26 heavy (non-hydrogen) atoms. The Hall–Kier alpha value is -2.89. The molecule has 0 bridgehead atoms. The molecule has 0 aliphatic rings. The van der Waals surface area contributed by atoms with Crippen LogP contribution in [0, 0.1) is 0 Å². The van der Waals surface area contributed by atoms with Gasteiger partial charge >= 0.3 is 0 Å². The molecule has 0 unspecified atom stereocenters. The number of nitrogens with zero attached hydrogens (tertiary/aromatic N) is 1. The monoisotopic (exact) mass is 358 g/mol. The van der Waals surface area contributed by atoms with Crippen LogP contribution in [0.3, 0.4) is 0 Å². The molecule has 1 N–H and O–H groups in total. The number of hydrogen-bond acceptors (Lipinski definition) is 5. The zero-order chi connectivity index (χ0) is 19.1. The molecule has 0 aliphatic heterocycles. The summed E-state index contributed by atoms with van der Waals surface area (Å²) >= 11 is 0. The minimum absolute atomic E-state index is 0.0905. The SMILES string of the molecule is COc1ccc(CC(=O)NCc2ccc(N(C)C)cc2)c(OC)c1OC. The number of carbonyl (C=O) groups is 1. The van der Waals surface area contributed by atoms with Crippen LogP contribution in [0.1, 0.15) is 11.1 Å². The molecule has 0 saturated heterocycles. The predicted molar refractivity (Wildman–Crippen MR) is 102 cm³/mol. The molecule has 2 aromatic carbocycles. The minimum Gasteiger partial charge on any atom is -0.493 e. The lowest BCUT2D eigenvalue weighted by Gasteiger charge is -2.16. The second-order valence-corrected chi connectivity index (χ2v) is 6.01. The van der Waals surface area contributed by atoms with E-state index in [0.717, 1.165) is 16.8 Å². The van der Waals surface area contributed by atoms with Crippen LogP contribution < -0.4 is 24.4 Å². The Balaban J connectivity index is 2.03. The van der Waals surface area contributed by atoms with Crippen molar-refractivity contribution in [3.8, 4) is 17.2 Å². The summed E-state index contributed by atoms with van der Waals surface area (Å²) in [5.41, 5.74) is 2.91. The van der Waals surface area contributed by atoms with Gasteiger partial charge < -0.3 is 24.4 Å². The van der Waals surface area contributed by atoms with Crippen LogP contribution in [0.4, 0.5) is 5.69 Å². The Morgan fingerprint density at radius 2 is 1.58 bits per heavy atom. The molecule has 1 amide bonds. The van der Waals surface area contributed by atoms with Crippen LogP contribution in [0.25, 0.3) is 0 Å². The van der Waals surface area contributed by atoms with Crippen LogP contribution in [-0.4, -0.2) is 41.3 Å². The fraction of sp³-hybridized carbons (Fsp3) is 0.350. The van der Waals surface area contributed by atoms with E-state index in [4.69, 9.17) is 14.2 Å². The largest absolute Gasteiger partial charge is 0.493 e. The molecule has 140 valence electrons. The summed E-state index contributed by atoms with van der Waals surface area (Å²) in [6.07, 6.45) is 0.194. The zero-order valence-electron chi connectivity index (χ0n) is 16.0. The van der Waals surface area contributed by atoms with Crippen molar-refractivity contribution >= 4 is 11.6 Å². The number of ether oxygens (including phenoxy) is 3. The van der Waals surface area contributed by atoms with Crippen LogP contribution in [0.2, 0.25) is 0 Å². The topological polar surface area (TPSA) is 60.0 Å². The van der Waals surface area contributed by atoms with E-state index in [-0.39, 0.29) is 12.3 Å². The second kappa shape index (κ2) is 8.99. The van der Waals surface area contributed by atoms with Gasteiger partial charge in [-0.1, -0.05) is 18.2 Å². The summed E-state index contributed by atoms with van der Waals surface area (Å²) < 4.78 is 16.0. The molecular formula is C20H26N2O4. The van der Waals surface area contributed by atoms with Gasteiger partial charge in [0, 0.05) is 31.9 Å². The van der Waals surface area contributed by atoms with Gasteiger partial charge in [0.15, 0.2) is 11.5 Å². The fourth-order valence-electron chi connectivity index (χ4n) is 2.65. The third-order valence-electron chi connectivity index (χ3n) is 4.08. The molecule has 0 heterocycles. The summed E-state index contributed by atoms with van der Waals surface area (Å²) in [7, 11) is 8.64. The second-order valence-electron chi connectivity index (χ2n) is 6.01. The Morgan fingerprint density at radius 3 is 2.12 bits per heavy atom. The highest BCUT2D eigenvalue weighted by Crippen LogP contribution is 2.39. The van der Waals surface area contributed by atoms with E-state index >= 15 is 0 Å². The lowest BCUT2D eigenvalue weighted by atomic mass is 10.1. The Kier molecular flexibility index (Phi) is 6.72. The van der Waals surface area contributed by atoms with Crippen molar-refractivity contribution in [2.24, 2.45) is 0 Å². The summed E-state index contributed by atoms with van der Waals surface area (Å²) in [5.74, 6) is 1.47. The van der Waals surface area contributed by atoms with Gasteiger partial charge in [0.05, 0.1) is 27.8 Å². The Morgan fingerprint density at radius 1 is 0.923 bits per heavy atom. The first-order chi connectivity index (χ1) is 12.5. The molecule has 0 aromatic heterocycles. The minimum atomic E-state index is -0.0905. The smallest absolute Gasteiger partial charge is 0.224 e. The fourth-order valence-corrected chi connectivity index (χ4v) is 2.65. The standard InChI is InChI=1S/C20H26N2O4/c1-22(2)16-9-6-14(7-10-16)13-21-18(23)12-15-8-11-17(24-3)20(26-5)19(15)25-4/h6-11H,12-13H2,1-5H3,(H,21,23). The molecule has 0 saturated carbocycles. The van der Waals surface area contributed by atoms with E-state index in [1.807, 2.05) is 49.3 Å². The number of carbonyl (C=O) groups excluding carboxylic acids is 1. The number of hydrogen-bond donors (Lipinski definition) is 1. The van der Waals surface area contributed by atoms with Gasteiger partial charge in [-0.15, -0.1) is 0 Å². The van der Waals surface area contributed by atoms with E-state index in [2.05, 4.69) is 5.32 Å². The Labute approximate surface area is 154 Å². The quantitative estimate of drug-likeness (QED) is 0.786. The lowest BCUT2D eigenvalue weighted by molar-refractivity contribution is -0.120. The van der Waals surface area contributed by atoms with Crippen LogP contribution >= 0.6 is 0 Å². The molecular weight excluding hydrogens is 332 g/mol. The molecule has 6 nitrogen and oxygen atoms in total. The van der Waals surface area contributed by atoms with Gasteiger partial charge in [0.2, 0.25) is 11.7 Å². The normalized spacial score (nSPS) is 10.2. The average molecular weight is 358 g/mol. The number of amides is 1. The van der Waals surface area contributed by atoms with Crippen molar-refractivity contribution in [3.63, 3.8) is 0 Å². The first-order valence-corrected chi connectivity index (χ1v) is 8.31. The summed E-state index contributed by atoms with van der Waals surface area (Å²) in [6, 6.07) is 11.6. The molecule has 0 radical (unpaired) electrons. The van der Waals surface area contributed by atoms with Crippen molar-refractivity contribution in [1.29, 1.82) is 0 Å². The molecule has 0 fully saturated rings. The summed E-state index contributed by atoms with van der Waals surface area (Å²) in [6.45, 7) is 0.474. The van der Waals surface area contributed by atoms with Crippen molar-refractivity contribution < 1.29 is 19.0 Å². The van der Waals surface area contributed by atoms with E-state index in [1.165, 1.54) is 0 Å². The molecule has 0 spiro atoms. The van der Waals surface area contributed by atoms with E-state index in [0.29, 0.717) is 23.8 Å². The first kappa shape index (κ1) is 19.4. The molecule has 2 aromatic rings. The van der Waals surface area contributed by atoms with Crippen molar-refractivity contribution in [1.82, 2.24) is 5.32 Å². The van der Waals surface area contributed by atoms with Crippen LogP contribution in [0.15, 0.2) is 36.4 Å². The van der Waals surface area contributed by atoms with Crippen molar-refractivity contribution in [2.45, 2.75) is 13.0 Å². The highest BCUT2D eigenvalue weighted by molar-refractivity contribution is 5.80. The van der Waals surface area contributed by atoms with E-state index in [1.54, 1.807) is 27.4 Å². The molecule has 0 aliphatic carbocycles. The molecule has 0 atom stereocenters. The van der Waals surface area contributed by atoms with Gasteiger partial charge in [-0.05, 0) is 23.8 Å². The van der Waals surface area contributed by atoms with Gasteiger partial charge in [-0.25, -0.2) is 0 Å². The van der Waals surface area contributed by atoms with Crippen LogP contribution in [0.5, 0.6) is 17.2 Å². The highest BCUT2D eigenvalue weighted by atomic mass is 16.5. The number of nitrogens with one attached hydrogen (secondary N) is 1. The maximum Gasteiger partial charge on any atom is 0.224 e. The number of anilines is 1. The third-order valence-corrected chi connectivity index (χ3v) is 4.08. The van der Waals surface area contributed by atoms with E-state index in [9.17, 15) is 4.79 Å². The molecule has 2 rings (SSSR count). The Bertz CT molecular complexity index is 742. The lowest BCUT2D eigenvalue weighted by Crippen LogP contribution is -2.24. The van der Waals surface area contributed by atoms with Gasteiger partial charge in [-0.3, -0.25) is 4.79 Å². The van der Waals surface area contributed by atoms with Crippen molar-refractivity contribution in [2.75, 3.05) is 40.3 Å². The number of rotatable bonds is 8. The van der Waals surface area contributed by atoms with Gasteiger partial charge in [-0.2, -0.15) is 0 Å². The van der Waals surface area contributed by atoms with E-state index < -0.39 is 0 Å². The van der Waals surface area contributed by atoms with Crippen molar-refractivity contribution in [3.05, 3.63) is 47.5 Å². The van der Waals surface area contributed by atoms with Gasteiger partial charge in [0.1, 0.15) is 0 Å². The third kappa shape index (κ3) is 4.59. The summed E-state index contributed by atoms with van der Waals surface area (Å²) in [5, 5.41) is 2.93.